The Morgan fingerprint density at radius 3 is 2.09 bits per heavy atom. The molecule has 3 aromatic carbocycles. The number of aryl methyl sites for hydroxylation is 1. The van der Waals surface area contributed by atoms with Gasteiger partial charge in [-0.15, -0.1) is 0 Å². The van der Waals surface area contributed by atoms with Gasteiger partial charge in [-0.05, 0) is 30.5 Å². The van der Waals surface area contributed by atoms with Crippen molar-refractivity contribution >= 4 is 16.3 Å². The number of sulfonamides is 1. The van der Waals surface area contributed by atoms with Crippen molar-refractivity contribution in [1.29, 1.82) is 0 Å². The van der Waals surface area contributed by atoms with E-state index >= 15 is 0 Å². The van der Waals surface area contributed by atoms with Crippen LogP contribution < -0.4 is 4.72 Å². The number of hydrogen-bond acceptors (Lipinski definition) is 4. The van der Waals surface area contributed by atoms with E-state index in [2.05, 4.69) is 9.71 Å². The number of aromatic amines is 1. The minimum Gasteiger partial charge on any atom is -0.338 e. The summed E-state index contributed by atoms with van der Waals surface area (Å²) in [6.07, 6.45) is 1.88. The molecular weight excluding hydrogens is 422 g/mol. The van der Waals surface area contributed by atoms with E-state index < -0.39 is 10.0 Å². The average molecular weight is 446 g/mol. The van der Waals surface area contributed by atoms with Crippen molar-refractivity contribution in [3.63, 3.8) is 0 Å². The van der Waals surface area contributed by atoms with Crippen LogP contribution >= 0.6 is 0 Å². The number of nitrogens with zero attached hydrogens (tertiary/aromatic N) is 1. The van der Waals surface area contributed by atoms with Gasteiger partial charge in [0.15, 0.2) is 0 Å². The normalized spacial score (nSPS) is 11.4. The van der Waals surface area contributed by atoms with Crippen LogP contribution in [0.15, 0.2) is 89.8 Å². The molecule has 162 valence electrons. The molecule has 0 saturated carbocycles. The first-order valence-corrected chi connectivity index (χ1v) is 11.8. The molecule has 4 aromatic rings. The third-order valence-corrected chi connectivity index (χ3v) is 6.57. The smallest absolute Gasteiger partial charge is 0.240 e. The molecule has 0 aliphatic carbocycles. The molecule has 0 fully saturated rings. The standard InChI is InChI=1S/C25H23N3O3S/c29-18-19-13-15-22(16-14-19)32(30,31)26-17-7-12-23-24(20-8-3-1-4-9-20)28-25(27-23)21-10-5-2-6-11-21/h1-6,8-11,13-16,18,26H,7,12,17H2,(H,27,28). The molecule has 0 radical (unpaired) electrons. The molecule has 6 nitrogen and oxygen atoms in total. The molecule has 32 heavy (non-hydrogen) atoms. The SMILES string of the molecule is O=Cc1ccc(S(=O)(=O)NCCCc2nc(-c3ccccc3)[nH]c2-c2ccccc2)cc1. The zero-order valence-electron chi connectivity index (χ0n) is 17.4. The first kappa shape index (κ1) is 21.7. The summed E-state index contributed by atoms with van der Waals surface area (Å²) < 4.78 is 27.6. The number of hydrogen-bond donors (Lipinski definition) is 2. The molecule has 1 aromatic heterocycles. The zero-order chi connectivity index (χ0) is 22.4. The van der Waals surface area contributed by atoms with Gasteiger partial charge in [-0.3, -0.25) is 4.79 Å². The molecular formula is C25H23N3O3S. The van der Waals surface area contributed by atoms with Gasteiger partial charge in [0.2, 0.25) is 10.0 Å². The Kier molecular flexibility index (Phi) is 6.58. The topological polar surface area (TPSA) is 91.9 Å². The van der Waals surface area contributed by atoms with E-state index in [0.717, 1.165) is 28.3 Å². The van der Waals surface area contributed by atoms with Gasteiger partial charge in [0.1, 0.15) is 12.1 Å². The van der Waals surface area contributed by atoms with Crippen molar-refractivity contribution in [1.82, 2.24) is 14.7 Å². The van der Waals surface area contributed by atoms with Gasteiger partial charge >= 0.3 is 0 Å². The van der Waals surface area contributed by atoms with Crippen LogP contribution in [0.5, 0.6) is 0 Å². The highest BCUT2D eigenvalue weighted by Gasteiger charge is 2.15. The highest BCUT2D eigenvalue weighted by Crippen LogP contribution is 2.26. The lowest BCUT2D eigenvalue weighted by molar-refractivity contribution is 0.112. The predicted octanol–water partition coefficient (Wildman–Crippen LogP) is 4.47. The van der Waals surface area contributed by atoms with Crippen molar-refractivity contribution in [3.05, 3.63) is 96.2 Å². The van der Waals surface area contributed by atoms with Crippen molar-refractivity contribution < 1.29 is 13.2 Å². The summed E-state index contributed by atoms with van der Waals surface area (Å²) in [4.78, 5) is 19.1. The van der Waals surface area contributed by atoms with Crippen molar-refractivity contribution in [3.8, 4) is 22.6 Å². The second-order valence-electron chi connectivity index (χ2n) is 7.33. The maximum atomic E-state index is 12.5. The maximum Gasteiger partial charge on any atom is 0.240 e. The van der Waals surface area contributed by atoms with Crippen LogP contribution in [0.1, 0.15) is 22.5 Å². The van der Waals surface area contributed by atoms with Gasteiger partial charge in [0, 0.05) is 17.7 Å². The third kappa shape index (κ3) is 5.01. The molecule has 0 unspecified atom stereocenters. The molecule has 0 atom stereocenters. The maximum absolute atomic E-state index is 12.5. The summed E-state index contributed by atoms with van der Waals surface area (Å²) in [5.41, 5.74) is 4.30. The molecule has 0 amide bonds. The van der Waals surface area contributed by atoms with Crippen LogP contribution in [-0.2, 0) is 16.4 Å². The van der Waals surface area contributed by atoms with E-state index in [-0.39, 0.29) is 11.4 Å². The van der Waals surface area contributed by atoms with Gasteiger partial charge in [-0.25, -0.2) is 18.1 Å². The fourth-order valence-electron chi connectivity index (χ4n) is 3.44. The number of benzene rings is 3. The lowest BCUT2D eigenvalue weighted by Gasteiger charge is -2.07. The molecule has 0 aliphatic rings. The molecule has 0 spiro atoms. The van der Waals surface area contributed by atoms with E-state index in [1.807, 2.05) is 60.7 Å². The second-order valence-corrected chi connectivity index (χ2v) is 9.09. The van der Waals surface area contributed by atoms with Crippen molar-refractivity contribution in [2.24, 2.45) is 0 Å². The molecule has 2 N–H and O–H groups in total. The lowest BCUT2D eigenvalue weighted by Crippen LogP contribution is -2.25. The van der Waals surface area contributed by atoms with E-state index in [0.29, 0.717) is 24.7 Å². The van der Waals surface area contributed by atoms with Crippen LogP contribution in [0, 0.1) is 0 Å². The van der Waals surface area contributed by atoms with Crippen LogP contribution in [0.4, 0.5) is 0 Å². The molecule has 7 heteroatoms. The number of aldehydes is 1. The summed E-state index contributed by atoms with van der Waals surface area (Å²) in [7, 11) is -3.63. The Morgan fingerprint density at radius 2 is 1.47 bits per heavy atom. The highest BCUT2D eigenvalue weighted by atomic mass is 32.2. The summed E-state index contributed by atoms with van der Waals surface area (Å²) >= 11 is 0. The average Bonchev–Trinajstić information content (AvgIpc) is 3.27. The molecule has 4 rings (SSSR count). The van der Waals surface area contributed by atoms with Crippen LogP contribution in [0.3, 0.4) is 0 Å². The molecule has 1 heterocycles. The quantitative estimate of drug-likeness (QED) is 0.294. The van der Waals surface area contributed by atoms with Gasteiger partial charge in [-0.1, -0.05) is 72.8 Å². The van der Waals surface area contributed by atoms with Crippen LogP contribution in [-0.4, -0.2) is 31.2 Å². The summed E-state index contributed by atoms with van der Waals surface area (Å²) in [5.74, 6) is 0.787. The fourth-order valence-corrected chi connectivity index (χ4v) is 4.51. The van der Waals surface area contributed by atoms with Gasteiger partial charge in [-0.2, -0.15) is 0 Å². The van der Waals surface area contributed by atoms with Gasteiger partial charge in [0.05, 0.1) is 16.3 Å². The van der Waals surface area contributed by atoms with E-state index in [9.17, 15) is 13.2 Å². The van der Waals surface area contributed by atoms with E-state index in [4.69, 9.17) is 4.98 Å². The van der Waals surface area contributed by atoms with Gasteiger partial charge < -0.3 is 4.98 Å². The van der Waals surface area contributed by atoms with Crippen LogP contribution in [0.25, 0.3) is 22.6 Å². The van der Waals surface area contributed by atoms with Gasteiger partial charge in [0.25, 0.3) is 0 Å². The van der Waals surface area contributed by atoms with E-state index in [1.165, 1.54) is 24.3 Å². The minimum atomic E-state index is -3.63. The number of nitrogens with one attached hydrogen (secondary N) is 2. The predicted molar refractivity (Wildman–Crippen MR) is 125 cm³/mol. The van der Waals surface area contributed by atoms with Crippen molar-refractivity contribution in [2.75, 3.05) is 6.54 Å². The number of aromatic nitrogens is 2. The molecule has 0 bridgehead atoms. The van der Waals surface area contributed by atoms with Crippen molar-refractivity contribution in [2.45, 2.75) is 17.7 Å². The Bertz CT molecular complexity index is 1280. The number of imidazole rings is 1. The number of H-pyrrole nitrogens is 1. The number of carbonyl (C=O) groups excluding carboxylic acids is 1. The number of carbonyl (C=O) groups is 1. The Hall–Kier alpha value is -3.55. The third-order valence-electron chi connectivity index (χ3n) is 5.10. The first-order chi connectivity index (χ1) is 15.6. The zero-order valence-corrected chi connectivity index (χ0v) is 18.2. The largest absolute Gasteiger partial charge is 0.338 e. The number of rotatable bonds is 9. The Labute approximate surface area is 187 Å². The summed E-state index contributed by atoms with van der Waals surface area (Å²) in [6, 6.07) is 25.7. The Morgan fingerprint density at radius 1 is 0.844 bits per heavy atom. The minimum absolute atomic E-state index is 0.138. The summed E-state index contributed by atoms with van der Waals surface area (Å²) in [5, 5.41) is 0. The highest BCUT2D eigenvalue weighted by molar-refractivity contribution is 7.89. The first-order valence-electron chi connectivity index (χ1n) is 10.3. The molecule has 0 saturated heterocycles. The summed E-state index contributed by atoms with van der Waals surface area (Å²) in [6.45, 7) is 0.277. The monoisotopic (exact) mass is 445 g/mol. The second kappa shape index (κ2) is 9.72. The molecule has 0 aliphatic heterocycles. The lowest BCUT2D eigenvalue weighted by atomic mass is 10.1. The van der Waals surface area contributed by atoms with Crippen LogP contribution in [0.2, 0.25) is 0 Å². The van der Waals surface area contributed by atoms with E-state index in [1.54, 1.807) is 0 Å². The Balaban J connectivity index is 1.47. The fraction of sp³-hybridized carbons (Fsp3) is 0.120.